The van der Waals surface area contributed by atoms with Crippen LogP contribution in [-0.2, 0) is 0 Å². The van der Waals surface area contributed by atoms with Crippen LogP contribution in [0.4, 0.5) is 23.2 Å². The molecular weight excluding hydrogens is 330 g/mol. The monoisotopic (exact) mass is 347 g/mol. The quantitative estimate of drug-likeness (QED) is 0.436. The Hall–Kier alpha value is -2.52. The van der Waals surface area contributed by atoms with E-state index in [4.69, 9.17) is 11.1 Å². The summed E-state index contributed by atoms with van der Waals surface area (Å²) in [7, 11) is 0. The Morgan fingerprint density at radius 1 is 1.25 bits per heavy atom. The molecule has 0 spiro atoms. The zero-order valence-electron chi connectivity index (χ0n) is 12.7. The number of hydrogen-bond donors (Lipinski definition) is 3. The summed E-state index contributed by atoms with van der Waals surface area (Å²) in [6.45, 7) is 1.50. The lowest BCUT2D eigenvalue weighted by Gasteiger charge is -2.27. The lowest BCUT2D eigenvalue weighted by molar-refractivity contribution is -0.275. The van der Waals surface area contributed by atoms with E-state index >= 15 is 0 Å². The maximum absolute atomic E-state index is 13.6. The van der Waals surface area contributed by atoms with Crippen LogP contribution in [0.2, 0.25) is 0 Å². The highest BCUT2D eigenvalue weighted by Gasteiger charge is 2.32. The van der Waals surface area contributed by atoms with Crippen molar-refractivity contribution in [3.63, 3.8) is 0 Å². The number of halogens is 4. The van der Waals surface area contributed by atoms with Gasteiger partial charge in [-0.1, -0.05) is 0 Å². The number of piperidine rings is 1. The van der Waals surface area contributed by atoms with Gasteiger partial charge in [0, 0.05) is 24.8 Å². The minimum Gasteiger partial charge on any atom is -0.403 e. The second kappa shape index (κ2) is 7.37. The molecule has 0 atom stereocenters. The first-order valence-electron chi connectivity index (χ1n) is 7.24. The molecule has 1 fully saturated rings. The third kappa shape index (κ3) is 5.28. The van der Waals surface area contributed by atoms with Crippen LogP contribution in [0.3, 0.4) is 0 Å². The van der Waals surface area contributed by atoms with Gasteiger partial charge in [-0.05, 0) is 31.4 Å². The highest BCUT2D eigenvalue weighted by Crippen LogP contribution is 2.27. The molecule has 1 aliphatic heterocycles. The van der Waals surface area contributed by atoms with Gasteiger partial charge in [-0.3, -0.25) is 5.41 Å². The molecule has 1 aliphatic rings. The van der Waals surface area contributed by atoms with E-state index in [-0.39, 0.29) is 17.6 Å². The number of anilines is 1. The number of nitrogens with one attached hydrogen (secondary N) is 2. The van der Waals surface area contributed by atoms with Crippen LogP contribution in [0, 0.1) is 11.2 Å². The van der Waals surface area contributed by atoms with Crippen molar-refractivity contribution in [2.24, 2.45) is 10.7 Å². The number of ether oxygens (including phenoxy) is 1. The molecule has 1 heterocycles. The topological polar surface area (TPSA) is 86.7 Å². The predicted molar refractivity (Wildman–Crippen MR) is 81.5 cm³/mol. The van der Waals surface area contributed by atoms with Crippen molar-refractivity contribution >= 4 is 17.6 Å². The minimum atomic E-state index is -4.98. The first-order chi connectivity index (χ1) is 11.2. The summed E-state index contributed by atoms with van der Waals surface area (Å²) in [6.07, 6.45) is -1.88. The number of benzene rings is 1. The third-order valence-electron chi connectivity index (χ3n) is 3.33. The predicted octanol–water partition coefficient (Wildman–Crippen LogP) is 2.87. The zero-order valence-corrected chi connectivity index (χ0v) is 12.7. The van der Waals surface area contributed by atoms with Crippen LogP contribution in [0.1, 0.15) is 19.3 Å². The highest BCUT2D eigenvalue weighted by atomic mass is 19.4. The van der Waals surface area contributed by atoms with Crippen molar-refractivity contribution in [3.05, 3.63) is 24.0 Å². The van der Waals surface area contributed by atoms with Gasteiger partial charge in [0.1, 0.15) is 0 Å². The van der Waals surface area contributed by atoms with E-state index in [2.05, 4.69) is 15.0 Å². The first-order valence-corrected chi connectivity index (χ1v) is 7.24. The Balaban J connectivity index is 1.99. The van der Waals surface area contributed by atoms with Crippen LogP contribution >= 0.6 is 0 Å². The number of likely N-dealkylation sites (tertiary alicyclic amines) is 1. The molecule has 1 aromatic rings. The number of nitrogens with two attached hydrogens (primary N) is 1. The van der Waals surface area contributed by atoms with Gasteiger partial charge < -0.3 is 20.7 Å². The molecule has 6 nitrogen and oxygen atoms in total. The van der Waals surface area contributed by atoms with Crippen molar-refractivity contribution < 1.29 is 22.3 Å². The fourth-order valence-corrected chi connectivity index (χ4v) is 2.26. The van der Waals surface area contributed by atoms with E-state index in [1.807, 2.05) is 4.90 Å². The van der Waals surface area contributed by atoms with Gasteiger partial charge in [0.15, 0.2) is 17.5 Å². The molecular formula is C14H17F4N5O. The summed E-state index contributed by atoms with van der Waals surface area (Å²) in [5.41, 5.74) is 5.86. The minimum absolute atomic E-state index is 0.0576. The van der Waals surface area contributed by atoms with Crippen molar-refractivity contribution in [1.29, 1.82) is 5.41 Å². The van der Waals surface area contributed by atoms with Gasteiger partial charge in [-0.15, -0.1) is 13.2 Å². The molecule has 0 saturated carbocycles. The van der Waals surface area contributed by atoms with Gasteiger partial charge in [0.25, 0.3) is 0 Å². The lowest BCUT2D eigenvalue weighted by Crippen LogP contribution is -2.41. The van der Waals surface area contributed by atoms with Crippen LogP contribution < -0.4 is 15.8 Å². The van der Waals surface area contributed by atoms with E-state index in [0.29, 0.717) is 0 Å². The Morgan fingerprint density at radius 3 is 2.50 bits per heavy atom. The molecule has 0 aliphatic carbocycles. The summed E-state index contributed by atoms with van der Waals surface area (Å²) >= 11 is 0. The number of aliphatic imine (C=N–C) groups is 1. The fourth-order valence-electron chi connectivity index (χ4n) is 2.26. The van der Waals surface area contributed by atoms with Crippen molar-refractivity contribution in [3.8, 4) is 5.75 Å². The molecule has 0 amide bonds. The van der Waals surface area contributed by atoms with Crippen LogP contribution in [0.25, 0.3) is 0 Å². The Bertz CT molecular complexity index is 626. The second-order valence-corrected chi connectivity index (χ2v) is 5.18. The first kappa shape index (κ1) is 17.8. The van der Waals surface area contributed by atoms with E-state index < -0.39 is 17.9 Å². The Morgan fingerprint density at radius 2 is 1.92 bits per heavy atom. The van der Waals surface area contributed by atoms with Gasteiger partial charge in [-0.2, -0.15) is 4.99 Å². The maximum Gasteiger partial charge on any atom is 0.573 e. The molecule has 0 unspecified atom stereocenters. The number of alkyl halides is 3. The lowest BCUT2D eigenvalue weighted by atomic mass is 10.1. The highest BCUT2D eigenvalue weighted by molar-refractivity contribution is 5.99. The summed E-state index contributed by atoms with van der Waals surface area (Å²) in [5, 5.41) is 10.2. The summed E-state index contributed by atoms with van der Waals surface area (Å²) < 4.78 is 53.3. The number of hydrogen-bond acceptors (Lipinski definition) is 2. The number of guanidine groups is 2. The van der Waals surface area contributed by atoms with Crippen molar-refractivity contribution in [2.45, 2.75) is 25.6 Å². The number of nitrogens with zero attached hydrogens (tertiary/aromatic N) is 2. The molecule has 10 heteroatoms. The van der Waals surface area contributed by atoms with Gasteiger partial charge in [-0.25, -0.2) is 4.39 Å². The molecule has 1 saturated heterocycles. The third-order valence-corrected chi connectivity index (χ3v) is 3.33. The molecule has 2 rings (SSSR count). The van der Waals surface area contributed by atoms with Gasteiger partial charge >= 0.3 is 6.36 Å². The van der Waals surface area contributed by atoms with E-state index in [0.717, 1.165) is 50.6 Å². The van der Waals surface area contributed by atoms with Crippen LogP contribution in [0.15, 0.2) is 23.2 Å². The van der Waals surface area contributed by atoms with Crippen molar-refractivity contribution in [1.82, 2.24) is 4.90 Å². The van der Waals surface area contributed by atoms with Gasteiger partial charge in [0.2, 0.25) is 5.96 Å². The molecule has 0 radical (unpaired) electrons. The molecule has 4 N–H and O–H groups in total. The van der Waals surface area contributed by atoms with Crippen LogP contribution in [-0.4, -0.2) is 36.3 Å². The second-order valence-electron chi connectivity index (χ2n) is 5.18. The molecule has 24 heavy (non-hydrogen) atoms. The largest absolute Gasteiger partial charge is 0.573 e. The fraction of sp³-hybridized carbons (Fsp3) is 0.429. The molecule has 0 aromatic heterocycles. The average molecular weight is 347 g/mol. The van der Waals surface area contributed by atoms with Crippen LogP contribution in [0.5, 0.6) is 5.75 Å². The van der Waals surface area contributed by atoms with E-state index in [1.165, 1.54) is 0 Å². The summed E-state index contributed by atoms with van der Waals surface area (Å²) in [6, 6.07) is 2.74. The zero-order chi connectivity index (χ0) is 17.7. The normalized spacial score (nSPS) is 16.0. The van der Waals surface area contributed by atoms with E-state index in [1.54, 1.807) is 0 Å². The van der Waals surface area contributed by atoms with E-state index in [9.17, 15) is 17.6 Å². The smallest absolute Gasteiger partial charge is 0.403 e. The Labute approximate surface area is 135 Å². The standard InChI is InChI=1S/C14H17F4N5O/c15-10-8-9(4-5-11(10)24-14(16,17)18)21-12(19)22-13(20)23-6-2-1-3-7-23/h4-5,8H,1-3,6-7H2,(H4,19,20,21,22). The number of rotatable bonds is 2. The molecule has 1 aromatic carbocycles. The average Bonchev–Trinajstić information content (AvgIpc) is 2.49. The summed E-state index contributed by atoms with van der Waals surface area (Å²) in [4.78, 5) is 5.70. The summed E-state index contributed by atoms with van der Waals surface area (Å²) in [5.74, 6) is -2.33. The van der Waals surface area contributed by atoms with Gasteiger partial charge in [0.05, 0.1) is 0 Å². The molecule has 0 bridgehead atoms. The SMILES string of the molecule is N=C(N=C(N)N1CCCCC1)Nc1ccc(OC(F)(F)F)c(F)c1. The Kier molecular flexibility index (Phi) is 5.47. The molecule has 132 valence electrons. The maximum atomic E-state index is 13.6. The van der Waals surface area contributed by atoms with Crippen molar-refractivity contribution in [2.75, 3.05) is 18.4 Å².